The number of nitrogens with zero attached hydrogens (tertiary/aromatic N) is 3. The number of hydrogen-bond donors (Lipinski definition) is 1. The summed E-state index contributed by atoms with van der Waals surface area (Å²) < 4.78 is 10.4. The van der Waals surface area contributed by atoms with Crippen molar-refractivity contribution in [3.63, 3.8) is 0 Å². The highest BCUT2D eigenvalue weighted by Crippen LogP contribution is 2.21. The Morgan fingerprint density at radius 3 is 2.56 bits per heavy atom. The lowest BCUT2D eigenvalue weighted by Crippen LogP contribution is -2.11. The van der Waals surface area contributed by atoms with E-state index in [-0.39, 0.29) is 11.7 Å². The molecule has 1 aromatic carbocycles. The van der Waals surface area contributed by atoms with Crippen LogP contribution in [0.5, 0.6) is 5.75 Å². The monoisotopic (exact) mass is 364 g/mol. The molecule has 0 spiro atoms. The molecule has 0 saturated carbocycles. The van der Waals surface area contributed by atoms with Crippen LogP contribution in [0.15, 0.2) is 60.9 Å². The summed E-state index contributed by atoms with van der Waals surface area (Å²) in [5.74, 6) is 0.855. The molecule has 0 bridgehead atoms. The van der Waals surface area contributed by atoms with Gasteiger partial charge in [0.25, 0.3) is 0 Å². The summed E-state index contributed by atoms with van der Waals surface area (Å²) >= 11 is 0. The first-order valence-corrected chi connectivity index (χ1v) is 8.46. The van der Waals surface area contributed by atoms with Gasteiger partial charge in [-0.1, -0.05) is 18.2 Å². The summed E-state index contributed by atoms with van der Waals surface area (Å²) in [4.78, 5) is 15.5. The van der Waals surface area contributed by atoms with E-state index in [0.29, 0.717) is 12.4 Å². The molecule has 2 heterocycles. The number of methoxy groups -OCH3 is 1. The van der Waals surface area contributed by atoms with E-state index >= 15 is 0 Å². The van der Waals surface area contributed by atoms with Crippen LogP contribution in [0.2, 0.25) is 0 Å². The van der Waals surface area contributed by atoms with Gasteiger partial charge in [0.1, 0.15) is 18.2 Å². The molecule has 1 unspecified atom stereocenters. The Hall–Kier alpha value is -3.48. The molecule has 3 rings (SSSR count). The summed E-state index contributed by atoms with van der Waals surface area (Å²) in [5, 5.41) is 11.1. The molecule has 0 radical (unpaired) electrons. The Morgan fingerprint density at radius 2 is 1.93 bits per heavy atom. The number of nitrogens with one attached hydrogen (secondary N) is 1. The van der Waals surface area contributed by atoms with Gasteiger partial charge >= 0.3 is 5.97 Å². The molecule has 3 aromatic rings. The number of esters is 1. The zero-order valence-corrected chi connectivity index (χ0v) is 15.1. The lowest BCUT2D eigenvalue weighted by atomic mass is 10.1. The highest BCUT2D eigenvalue weighted by molar-refractivity contribution is 5.86. The topological polar surface area (TPSA) is 86.2 Å². The van der Waals surface area contributed by atoms with Gasteiger partial charge in [-0.25, -0.2) is 4.79 Å². The van der Waals surface area contributed by atoms with E-state index in [2.05, 4.69) is 25.2 Å². The molecule has 0 aliphatic heterocycles. The number of aromatic nitrogens is 3. The zero-order chi connectivity index (χ0) is 19.1. The van der Waals surface area contributed by atoms with Gasteiger partial charge in [0.15, 0.2) is 5.69 Å². The lowest BCUT2D eigenvalue weighted by molar-refractivity contribution is 0.0593. The molecular weight excluding hydrogens is 344 g/mol. The number of pyridine rings is 1. The van der Waals surface area contributed by atoms with Crippen molar-refractivity contribution in [2.24, 2.45) is 0 Å². The first-order chi connectivity index (χ1) is 13.2. The van der Waals surface area contributed by atoms with E-state index in [1.54, 1.807) is 24.5 Å². The molecule has 0 amide bonds. The quantitative estimate of drug-likeness (QED) is 0.643. The molecule has 0 aliphatic rings. The summed E-state index contributed by atoms with van der Waals surface area (Å²) in [7, 11) is 1.31. The van der Waals surface area contributed by atoms with Crippen molar-refractivity contribution in [1.82, 2.24) is 15.2 Å². The summed E-state index contributed by atoms with van der Waals surface area (Å²) in [5.41, 5.74) is 2.26. The highest BCUT2D eigenvalue weighted by Gasteiger charge is 2.10. The van der Waals surface area contributed by atoms with E-state index in [9.17, 15) is 4.79 Å². The van der Waals surface area contributed by atoms with Crippen LogP contribution in [0.3, 0.4) is 0 Å². The minimum Gasteiger partial charge on any atom is -0.489 e. The molecule has 1 atom stereocenters. The Labute approximate surface area is 157 Å². The van der Waals surface area contributed by atoms with Gasteiger partial charge in [-0.2, -0.15) is 0 Å². The Balaban J connectivity index is 1.57. The number of benzene rings is 1. The fraction of sp³-hybridized carbons (Fsp3) is 0.200. The lowest BCUT2D eigenvalue weighted by Gasteiger charge is -2.15. The van der Waals surface area contributed by atoms with Crippen molar-refractivity contribution in [3.05, 3.63) is 77.7 Å². The summed E-state index contributed by atoms with van der Waals surface area (Å²) in [6, 6.07) is 15.0. The maximum Gasteiger partial charge on any atom is 0.358 e. The average molecular weight is 364 g/mol. The third-order valence-corrected chi connectivity index (χ3v) is 3.93. The largest absolute Gasteiger partial charge is 0.489 e. The standard InChI is InChI=1S/C20H20N4O3/c1-14(22-19-10-9-18(23-24-19)20(25)26-2)16-5-7-17(8-6-16)27-13-15-4-3-11-21-12-15/h3-12,14H,13H2,1-2H3,(H,22,24). The summed E-state index contributed by atoms with van der Waals surface area (Å²) in [6.45, 7) is 2.49. The minimum absolute atomic E-state index is 0.00986. The highest BCUT2D eigenvalue weighted by atomic mass is 16.5. The summed E-state index contributed by atoms with van der Waals surface area (Å²) in [6.07, 6.45) is 3.52. The molecule has 27 heavy (non-hydrogen) atoms. The molecule has 7 heteroatoms. The molecular formula is C20H20N4O3. The number of ether oxygens (including phenoxy) is 2. The maximum atomic E-state index is 11.4. The van der Waals surface area contributed by atoms with Gasteiger partial charge in [0.2, 0.25) is 0 Å². The number of anilines is 1. The zero-order valence-electron chi connectivity index (χ0n) is 15.1. The van der Waals surface area contributed by atoms with Crippen LogP contribution in [-0.4, -0.2) is 28.3 Å². The number of carbonyl (C=O) groups excluding carboxylic acids is 1. The number of hydrogen-bond acceptors (Lipinski definition) is 7. The van der Waals surface area contributed by atoms with Gasteiger partial charge in [0, 0.05) is 18.0 Å². The van der Waals surface area contributed by atoms with Crippen LogP contribution in [0, 0.1) is 0 Å². The molecule has 0 saturated heterocycles. The Kier molecular flexibility index (Phi) is 5.94. The fourth-order valence-corrected chi connectivity index (χ4v) is 2.43. The third-order valence-electron chi connectivity index (χ3n) is 3.93. The molecule has 138 valence electrons. The smallest absolute Gasteiger partial charge is 0.358 e. The second kappa shape index (κ2) is 8.75. The van der Waals surface area contributed by atoms with Gasteiger partial charge in [0.05, 0.1) is 13.2 Å². The molecule has 2 aromatic heterocycles. The average Bonchev–Trinajstić information content (AvgIpc) is 2.73. The van der Waals surface area contributed by atoms with Crippen LogP contribution in [-0.2, 0) is 11.3 Å². The van der Waals surface area contributed by atoms with Crippen LogP contribution in [0.1, 0.15) is 34.6 Å². The van der Waals surface area contributed by atoms with E-state index in [4.69, 9.17) is 4.74 Å². The van der Waals surface area contributed by atoms with E-state index in [1.165, 1.54) is 7.11 Å². The first kappa shape index (κ1) is 18.3. The van der Waals surface area contributed by atoms with Crippen molar-refractivity contribution >= 4 is 11.8 Å². The van der Waals surface area contributed by atoms with Crippen molar-refractivity contribution < 1.29 is 14.3 Å². The van der Waals surface area contributed by atoms with Crippen molar-refractivity contribution in [1.29, 1.82) is 0 Å². The van der Waals surface area contributed by atoms with Crippen molar-refractivity contribution in [3.8, 4) is 5.75 Å². The predicted molar refractivity (Wildman–Crippen MR) is 100 cm³/mol. The molecule has 1 N–H and O–H groups in total. The predicted octanol–water partition coefficient (Wildman–Crippen LogP) is 3.41. The fourth-order valence-electron chi connectivity index (χ4n) is 2.43. The van der Waals surface area contributed by atoms with Crippen LogP contribution in [0.25, 0.3) is 0 Å². The van der Waals surface area contributed by atoms with Crippen molar-refractivity contribution in [2.45, 2.75) is 19.6 Å². The Bertz CT molecular complexity index is 868. The molecule has 0 fully saturated rings. The van der Waals surface area contributed by atoms with Gasteiger partial charge < -0.3 is 14.8 Å². The minimum atomic E-state index is -0.510. The number of carbonyl (C=O) groups is 1. The van der Waals surface area contributed by atoms with Crippen molar-refractivity contribution in [2.75, 3.05) is 12.4 Å². The maximum absolute atomic E-state index is 11.4. The second-order valence-electron chi connectivity index (χ2n) is 5.88. The van der Waals surface area contributed by atoms with E-state index in [1.807, 2.05) is 43.3 Å². The van der Waals surface area contributed by atoms with Gasteiger partial charge in [-0.05, 0) is 42.8 Å². The number of rotatable bonds is 7. The van der Waals surface area contributed by atoms with Crippen LogP contribution >= 0.6 is 0 Å². The Morgan fingerprint density at radius 1 is 1.11 bits per heavy atom. The second-order valence-corrected chi connectivity index (χ2v) is 5.88. The third kappa shape index (κ3) is 5.01. The normalized spacial score (nSPS) is 11.5. The SMILES string of the molecule is COC(=O)c1ccc(NC(C)c2ccc(OCc3cccnc3)cc2)nn1. The molecule has 7 nitrogen and oxygen atoms in total. The van der Waals surface area contributed by atoms with E-state index < -0.39 is 5.97 Å². The first-order valence-electron chi connectivity index (χ1n) is 8.46. The van der Waals surface area contributed by atoms with Gasteiger partial charge in [-0.3, -0.25) is 4.98 Å². The van der Waals surface area contributed by atoms with E-state index in [0.717, 1.165) is 16.9 Å². The molecule has 0 aliphatic carbocycles. The van der Waals surface area contributed by atoms with Crippen LogP contribution < -0.4 is 10.1 Å². The van der Waals surface area contributed by atoms with Crippen LogP contribution in [0.4, 0.5) is 5.82 Å². The van der Waals surface area contributed by atoms with Gasteiger partial charge in [-0.15, -0.1) is 10.2 Å².